The summed E-state index contributed by atoms with van der Waals surface area (Å²) in [5.74, 6) is 2.15. The Hall–Kier alpha value is -1.60. The third-order valence-corrected chi connectivity index (χ3v) is 5.23. The Bertz CT molecular complexity index is 646. The van der Waals surface area contributed by atoms with Gasteiger partial charge in [0, 0.05) is 6.04 Å². The first-order valence-corrected chi connectivity index (χ1v) is 7.65. The standard InChI is InChI=1S/C19H21N/c1-12-5-4-7-14(11-12)19(20)18-16-10-9-13-6-2-3-8-15(13)17(16)18/h2-8,11,16-19H,9-10,20H2,1H3. The van der Waals surface area contributed by atoms with Crippen LogP contribution in [0.4, 0.5) is 0 Å². The Morgan fingerprint density at radius 1 is 1.10 bits per heavy atom. The van der Waals surface area contributed by atoms with Crippen molar-refractivity contribution in [1.29, 1.82) is 0 Å². The lowest BCUT2D eigenvalue weighted by Crippen LogP contribution is -2.14. The van der Waals surface area contributed by atoms with Gasteiger partial charge < -0.3 is 5.73 Å². The fourth-order valence-corrected chi connectivity index (χ4v) is 4.21. The van der Waals surface area contributed by atoms with Crippen molar-refractivity contribution >= 4 is 0 Å². The van der Waals surface area contributed by atoms with E-state index in [0.717, 1.165) is 5.92 Å². The van der Waals surface area contributed by atoms with Crippen LogP contribution in [-0.2, 0) is 6.42 Å². The molecule has 4 atom stereocenters. The second-order valence-corrected chi connectivity index (χ2v) is 6.44. The van der Waals surface area contributed by atoms with Crippen LogP contribution in [0.3, 0.4) is 0 Å². The molecule has 0 heterocycles. The topological polar surface area (TPSA) is 26.0 Å². The van der Waals surface area contributed by atoms with E-state index < -0.39 is 0 Å². The normalized spacial score (nSPS) is 28.4. The zero-order valence-electron chi connectivity index (χ0n) is 11.9. The van der Waals surface area contributed by atoms with Crippen molar-refractivity contribution in [1.82, 2.24) is 0 Å². The molecular formula is C19H21N. The van der Waals surface area contributed by atoms with Crippen LogP contribution in [0.1, 0.15) is 40.6 Å². The Morgan fingerprint density at radius 2 is 1.95 bits per heavy atom. The first-order chi connectivity index (χ1) is 9.75. The summed E-state index contributed by atoms with van der Waals surface area (Å²) < 4.78 is 0. The lowest BCUT2D eigenvalue weighted by molar-refractivity contribution is 0.555. The molecule has 4 rings (SSSR count). The van der Waals surface area contributed by atoms with Crippen LogP contribution in [0.25, 0.3) is 0 Å². The van der Waals surface area contributed by atoms with Gasteiger partial charge in [-0.15, -0.1) is 0 Å². The van der Waals surface area contributed by atoms with E-state index in [4.69, 9.17) is 5.73 Å². The molecule has 1 heteroatoms. The van der Waals surface area contributed by atoms with Gasteiger partial charge in [0.2, 0.25) is 0 Å². The monoisotopic (exact) mass is 263 g/mol. The molecule has 0 amide bonds. The van der Waals surface area contributed by atoms with Crippen LogP contribution in [0, 0.1) is 18.8 Å². The zero-order chi connectivity index (χ0) is 13.7. The van der Waals surface area contributed by atoms with Crippen molar-refractivity contribution in [3.8, 4) is 0 Å². The van der Waals surface area contributed by atoms with Crippen LogP contribution in [-0.4, -0.2) is 0 Å². The Morgan fingerprint density at radius 3 is 2.80 bits per heavy atom. The van der Waals surface area contributed by atoms with Crippen LogP contribution < -0.4 is 5.73 Å². The van der Waals surface area contributed by atoms with Crippen molar-refractivity contribution in [2.75, 3.05) is 0 Å². The summed E-state index contributed by atoms with van der Waals surface area (Å²) in [6.45, 7) is 2.14. The van der Waals surface area contributed by atoms with Crippen molar-refractivity contribution in [2.45, 2.75) is 31.7 Å². The average molecular weight is 263 g/mol. The second-order valence-electron chi connectivity index (χ2n) is 6.44. The molecule has 102 valence electrons. The van der Waals surface area contributed by atoms with Crippen molar-refractivity contribution in [3.05, 3.63) is 70.8 Å². The van der Waals surface area contributed by atoms with Gasteiger partial charge in [0.15, 0.2) is 0 Å². The molecule has 1 fully saturated rings. The molecule has 1 nitrogen and oxygen atoms in total. The summed E-state index contributed by atoms with van der Waals surface area (Å²) in [7, 11) is 0. The highest BCUT2D eigenvalue weighted by Crippen LogP contribution is 2.63. The summed E-state index contributed by atoms with van der Waals surface area (Å²) in [5.41, 5.74) is 12.3. The van der Waals surface area contributed by atoms with Crippen LogP contribution >= 0.6 is 0 Å². The Kier molecular flexibility index (Phi) is 2.71. The van der Waals surface area contributed by atoms with Gasteiger partial charge >= 0.3 is 0 Å². The molecule has 2 N–H and O–H groups in total. The second kappa shape index (κ2) is 4.46. The van der Waals surface area contributed by atoms with E-state index in [2.05, 4.69) is 55.5 Å². The number of rotatable bonds is 2. The summed E-state index contributed by atoms with van der Waals surface area (Å²) >= 11 is 0. The molecule has 2 aliphatic rings. The van der Waals surface area contributed by atoms with Gasteiger partial charge in [0.05, 0.1) is 0 Å². The molecule has 1 saturated carbocycles. The largest absolute Gasteiger partial charge is 0.324 e. The maximum atomic E-state index is 6.59. The highest BCUT2D eigenvalue weighted by atomic mass is 14.7. The van der Waals surface area contributed by atoms with Crippen LogP contribution in [0.15, 0.2) is 48.5 Å². The molecular weight excluding hydrogens is 242 g/mol. The zero-order valence-corrected chi connectivity index (χ0v) is 11.9. The molecule has 0 aliphatic heterocycles. The number of aryl methyl sites for hydroxylation is 2. The van der Waals surface area contributed by atoms with Crippen molar-refractivity contribution < 1.29 is 0 Å². The molecule has 4 unspecified atom stereocenters. The lowest BCUT2D eigenvalue weighted by Gasteiger charge is -2.14. The minimum Gasteiger partial charge on any atom is -0.324 e. The molecule has 2 aromatic carbocycles. The number of benzene rings is 2. The van der Waals surface area contributed by atoms with Gasteiger partial charge in [-0.25, -0.2) is 0 Å². The predicted octanol–water partition coefficient (Wildman–Crippen LogP) is 3.97. The predicted molar refractivity (Wildman–Crippen MR) is 82.6 cm³/mol. The highest BCUT2D eigenvalue weighted by molar-refractivity contribution is 5.41. The van der Waals surface area contributed by atoms with Gasteiger partial charge in [0.1, 0.15) is 0 Å². The van der Waals surface area contributed by atoms with Gasteiger partial charge in [-0.3, -0.25) is 0 Å². The third-order valence-electron chi connectivity index (χ3n) is 5.23. The maximum absolute atomic E-state index is 6.59. The molecule has 0 spiro atoms. The van der Waals surface area contributed by atoms with Crippen LogP contribution in [0.2, 0.25) is 0 Å². The third kappa shape index (κ3) is 1.81. The summed E-state index contributed by atoms with van der Waals surface area (Å²) in [6, 6.07) is 17.8. The van der Waals surface area contributed by atoms with E-state index in [9.17, 15) is 0 Å². The fourth-order valence-electron chi connectivity index (χ4n) is 4.21. The van der Waals surface area contributed by atoms with Gasteiger partial charge in [-0.1, -0.05) is 54.1 Å². The van der Waals surface area contributed by atoms with Crippen molar-refractivity contribution in [2.24, 2.45) is 17.6 Å². The number of hydrogen-bond acceptors (Lipinski definition) is 1. The fraction of sp³-hybridized carbons (Fsp3) is 0.368. The van der Waals surface area contributed by atoms with E-state index in [1.165, 1.54) is 24.0 Å². The summed E-state index contributed by atoms with van der Waals surface area (Å²) in [4.78, 5) is 0. The van der Waals surface area contributed by atoms with E-state index in [1.54, 1.807) is 11.1 Å². The average Bonchev–Trinajstić information content (AvgIpc) is 3.21. The number of nitrogens with two attached hydrogens (primary N) is 1. The first-order valence-electron chi connectivity index (χ1n) is 7.65. The summed E-state index contributed by atoms with van der Waals surface area (Å²) in [5, 5.41) is 0. The van der Waals surface area contributed by atoms with E-state index in [0.29, 0.717) is 11.8 Å². The molecule has 0 bridgehead atoms. The van der Waals surface area contributed by atoms with Gasteiger partial charge in [-0.05, 0) is 54.2 Å². The van der Waals surface area contributed by atoms with Crippen LogP contribution in [0.5, 0.6) is 0 Å². The molecule has 2 aliphatic carbocycles. The van der Waals surface area contributed by atoms with Gasteiger partial charge in [0.25, 0.3) is 0 Å². The summed E-state index contributed by atoms with van der Waals surface area (Å²) in [6.07, 6.45) is 2.54. The molecule has 0 radical (unpaired) electrons. The highest BCUT2D eigenvalue weighted by Gasteiger charge is 2.55. The number of hydrogen-bond donors (Lipinski definition) is 1. The maximum Gasteiger partial charge on any atom is 0.0332 e. The van der Waals surface area contributed by atoms with E-state index in [-0.39, 0.29) is 6.04 Å². The minimum atomic E-state index is 0.191. The molecule has 0 aromatic heterocycles. The lowest BCUT2D eigenvalue weighted by atomic mass is 9.92. The van der Waals surface area contributed by atoms with Gasteiger partial charge in [-0.2, -0.15) is 0 Å². The first kappa shape index (κ1) is 12.2. The number of fused-ring (bicyclic) bond motifs is 3. The van der Waals surface area contributed by atoms with Crippen molar-refractivity contribution in [3.63, 3.8) is 0 Å². The Labute approximate surface area is 120 Å². The molecule has 0 saturated heterocycles. The minimum absolute atomic E-state index is 0.191. The molecule has 20 heavy (non-hydrogen) atoms. The quantitative estimate of drug-likeness (QED) is 0.871. The van der Waals surface area contributed by atoms with E-state index in [1.807, 2.05) is 0 Å². The smallest absolute Gasteiger partial charge is 0.0332 e. The Balaban J connectivity index is 1.64. The van der Waals surface area contributed by atoms with E-state index >= 15 is 0 Å². The SMILES string of the molecule is Cc1cccc(C(N)C2C3CCc4ccccc4C32)c1. The molecule has 2 aromatic rings.